The van der Waals surface area contributed by atoms with Crippen molar-refractivity contribution in [3.8, 4) is 5.75 Å². The van der Waals surface area contributed by atoms with Crippen LogP contribution in [0, 0.1) is 0 Å². The number of halogens is 1. The second-order valence-electron chi connectivity index (χ2n) is 7.39. The normalized spacial score (nSPS) is 28.0. The van der Waals surface area contributed by atoms with Crippen molar-refractivity contribution < 1.29 is 34.3 Å². The van der Waals surface area contributed by atoms with E-state index in [0.717, 1.165) is 16.9 Å². The van der Waals surface area contributed by atoms with Gasteiger partial charge < -0.3 is 29.5 Å². The number of benzene rings is 2. The highest BCUT2D eigenvalue weighted by Gasteiger charge is 2.58. The van der Waals surface area contributed by atoms with E-state index in [4.69, 9.17) is 25.8 Å². The molecule has 2 aliphatic heterocycles. The molecule has 4 atom stereocenters. The van der Waals surface area contributed by atoms with Crippen molar-refractivity contribution in [1.29, 1.82) is 0 Å². The second kappa shape index (κ2) is 8.26. The van der Waals surface area contributed by atoms with Crippen LogP contribution in [0.15, 0.2) is 36.4 Å². The van der Waals surface area contributed by atoms with Crippen molar-refractivity contribution in [2.75, 3.05) is 13.2 Å². The van der Waals surface area contributed by atoms with Crippen LogP contribution in [0.5, 0.6) is 5.75 Å². The van der Waals surface area contributed by atoms with Crippen LogP contribution in [0.25, 0.3) is 0 Å². The number of fused-ring (bicyclic) bond motifs is 2. The van der Waals surface area contributed by atoms with Crippen LogP contribution in [0.4, 0.5) is 0 Å². The largest absolute Gasteiger partial charge is 0.494 e. The molecule has 0 aromatic heterocycles. The molecule has 8 heteroatoms. The zero-order valence-corrected chi connectivity index (χ0v) is 17.1. The maximum atomic E-state index is 12.1. The summed E-state index contributed by atoms with van der Waals surface area (Å²) in [6.07, 6.45) is -4.14. The Hall–Kier alpha value is -2.00. The van der Waals surface area contributed by atoms with Crippen molar-refractivity contribution in [1.82, 2.24) is 0 Å². The van der Waals surface area contributed by atoms with Crippen LogP contribution in [0.1, 0.15) is 29.2 Å². The minimum Gasteiger partial charge on any atom is -0.494 e. The molecular weight excluding hydrogens is 412 g/mol. The number of hydrogen-bond donors (Lipinski definition) is 3. The Kier molecular flexibility index (Phi) is 5.85. The average molecular weight is 435 g/mol. The van der Waals surface area contributed by atoms with Crippen molar-refractivity contribution >= 4 is 17.4 Å². The molecule has 2 aliphatic rings. The van der Waals surface area contributed by atoms with Crippen molar-refractivity contribution in [2.24, 2.45) is 0 Å². The number of ether oxygens (including phenoxy) is 3. The summed E-state index contributed by atoms with van der Waals surface area (Å²) in [5.41, 5.74) is 2.95. The quantitative estimate of drug-likeness (QED) is 0.657. The number of carbonyl (C=O) groups excluding carboxylic acids is 1. The third kappa shape index (κ3) is 3.51. The van der Waals surface area contributed by atoms with E-state index in [1.54, 1.807) is 12.1 Å². The van der Waals surface area contributed by atoms with Gasteiger partial charge in [0.2, 0.25) is 5.79 Å². The summed E-state index contributed by atoms with van der Waals surface area (Å²) in [5.74, 6) is -1.74. The molecule has 30 heavy (non-hydrogen) atoms. The molecule has 7 nitrogen and oxygen atoms in total. The van der Waals surface area contributed by atoms with Gasteiger partial charge in [-0.15, -0.1) is 0 Å². The molecule has 1 unspecified atom stereocenters. The minimum atomic E-state index is -1.74. The van der Waals surface area contributed by atoms with Gasteiger partial charge in [-0.1, -0.05) is 23.7 Å². The van der Waals surface area contributed by atoms with Gasteiger partial charge in [-0.3, -0.25) is 4.79 Å². The van der Waals surface area contributed by atoms with E-state index in [1.165, 1.54) is 0 Å². The van der Waals surface area contributed by atoms with Gasteiger partial charge in [0.1, 0.15) is 24.1 Å². The van der Waals surface area contributed by atoms with Gasteiger partial charge in [0, 0.05) is 10.6 Å². The average Bonchev–Trinajstić information content (AvgIpc) is 3.09. The molecule has 1 fully saturated rings. The van der Waals surface area contributed by atoms with Gasteiger partial charge in [0.05, 0.1) is 19.8 Å². The van der Waals surface area contributed by atoms with E-state index in [2.05, 4.69) is 0 Å². The number of carbonyl (C=O) groups is 1. The Balaban J connectivity index is 1.68. The molecule has 0 radical (unpaired) electrons. The zero-order valence-electron chi connectivity index (χ0n) is 16.4. The third-order valence-electron chi connectivity index (χ3n) is 5.50. The van der Waals surface area contributed by atoms with Crippen LogP contribution in [-0.2, 0) is 33.1 Å². The van der Waals surface area contributed by atoms with E-state index < -0.39 is 36.5 Å². The molecule has 2 aromatic rings. The van der Waals surface area contributed by atoms with Crippen LogP contribution in [0.2, 0.25) is 5.02 Å². The number of rotatable bonds is 5. The van der Waals surface area contributed by atoms with Gasteiger partial charge >= 0.3 is 0 Å². The predicted molar refractivity (Wildman–Crippen MR) is 107 cm³/mol. The van der Waals surface area contributed by atoms with E-state index in [9.17, 15) is 20.1 Å². The number of aliphatic hydroxyl groups excluding tert-OH is 3. The summed E-state index contributed by atoms with van der Waals surface area (Å²) in [6.45, 7) is 1.97. The summed E-state index contributed by atoms with van der Waals surface area (Å²) >= 11 is 6.48. The van der Waals surface area contributed by atoms with E-state index in [1.807, 2.05) is 31.2 Å². The number of hydrogen-bond acceptors (Lipinski definition) is 7. The Morgan fingerprint density at radius 1 is 1.23 bits per heavy atom. The van der Waals surface area contributed by atoms with Crippen LogP contribution >= 0.6 is 11.6 Å². The van der Waals surface area contributed by atoms with E-state index in [0.29, 0.717) is 29.2 Å². The first kappa shape index (κ1) is 21.2. The zero-order chi connectivity index (χ0) is 21.5. The maximum Gasteiger partial charge on any atom is 0.226 e. The molecule has 3 N–H and O–H groups in total. The first-order valence-electron chi connectivity index (χ1n) is 9.75. The SMILES string of the molecule is CCOc1ccc(Cc2cc3c(cc2Cl)COC32O[C@H](CO)C(=O)[C@H](O)[C@@H]2O)cc1. The number of ketones is 1. The first-order chi connectivity index (χ1) is 14.4. The van der Waals surface area contributed by atoms with Gasteiger partial charge in [0.15, 0.2) is 5.78 Å². The number of Topliss-reactive ketones (excluding diaryl/α,β-unsaturated/α-hetero) is 1. The molecule has 2 heterocycles. The monoisotopic (exact) mass is 434 g/mol. The van der Waals surface area contributed by atoms with Gasteiger partial charge in [0.25, 0.3) is 0 Å². The standard InChI is InChI=1S/C22H23ClO7/c1-2-28-15-5-3-12(4-6-15)7-13-8-16-14(9-17(13)23)11-29-22(16)21(27)20(26)19(25)18(10-24)30-22/h3-6,8-9,18,20-21,24,26-27H,2,7,10-11H2,1H3/t18-,20+,21+,22?/m1/s1. The van der Waals surface area contributed by atoms with Crippen molar-refractivity contribution in [3.05, 3.63) is 63.7 Å². The molecule has 160 valence electrons. The molecule has 4 rings (SSSR count). The topological polar surface area (TPSA) is 105 Å². The molecule has 0 aliphatic carbocycles. The highest BCUT2D eigenvalue weighted by molar-refractivity contribution is 6.31. The number of aliphatic hydroxyl groups is 3. The summed E-state index contributed by atoms with van der Waals surface area (Å²) in [5, 5.41) is 30.9. The Morgan fingerprint density at radius 2 is 1.97 bits per heavy atom. The lowest BCUT2D eigenvalue weighted by atomic mass is 9.87. The third-order valence-corrected chi connectivity index (χ3v) is 5.85. The van der Waals surface area contributed by atoms with Crippen LogP contribution in [-0.4, -0.2) is 52.6 Å². The summed E-state index contributed by atoms with van der Waals surface area (Å²) in [4.78, 5) is 12.1. The maximum absolute atomic E-state index is 12.1. The van der Waals surface area contributed by atoms with Gasteiger partial charge in [-0.2, -0.15) is 0 Å². The van der Waals surface area contributed by atoms with Crippen LogP contribution in [0.3, 0.4) is 0 Å². The summed E-state index contributed by atoms with van der Waals surface area (Å²) < 4.78 is 16.9. The Morgan fingerprint density at radius 3 is 2.63 bits per heavy atom. The van der Waals surface area contributed by atoms with E-state index in [-0.39, 0.29) is 6.61 Å². The Bertz CT molecular complexity index is 941. The fraction of sp³-hybridized carbons (Fsp3) is 0.409. The highest BCUT2D eigenvalue weighted by atomic mass is 35.5. The van der Waals surface area contributed by atoms with Gasteiger partial charge in [-0.25, -0.2) is 0 Å². The fourth-order valence-corrected chi connectivity index (χ4v) is 4.21. The van der Waals surface area contributed by atoms with Crippen LogP contribution < -0.4 is 4.74 Å². The lowest BCUT2D eigenvalue weighted by Gasteiger charge is -2.42. The first-order valence-corrected chi connectivity index (χ1v) is 10.1. The van der Waals surface area contributed by atoms with Gasteiger partial charge in [-0.05, 0) is 54.3 Å². The lowest BCUT2D eigenvalue weighted by molar-refractivity contribution is -0.330. The van der Waals surface area contributed by atoms with Crippen molar-refractivity contribution in [3.63, 3.8) is 0 Å². The predicted octanol–water partition coefficient (Wildman–Crippen LogP) is 1.69. The lowest BCUT2D eigenvalue weighted by Crippen LogP contribution is -2.61. The van der Waals surface area contributed by atoms with E-state index >= 15 is 0 Å². The molecule has 1 spiro atoms. The Labute approximate surface area is 178 Å². The fourth-order valence-electron chi connectivity index (χ4n) is 3.95. The molecule has 0 bridgehead atoms. The molecule has 1 saturated heterocycles. The molecule has 0 saturated carbocycles. The molecular formula is C22H23ClO7. The summed E-state index contributed by atoms with van der Waals surface area (Å²) in [7, 11) is 0. The summed E-state index contributed by atoms with van der Waals surface area (Å²) in [6, 6.07) is 11.1. The second-order valence-corrected chi connectivity index (χ2v) is 7.80. The van der Waals surface area contributed by atoms with Crippen molar-refractivity contribution in [2.45, 2.75) is 44.1 Å². The minimum absolute atomic E-state index is 0.0918. The smallest absolute Gasteiger partial charge is 0.226 e. The highest BCUT2D eigenvalue weighted by Crippen LogP contribution is 2.46. The molecule has 0 amide bonds. The molecule has 2 aromatic carbocycles.